The van der Waals surface area contributed by atoms with E-state index in [4.69, 9.17) is 4.74 Å². The zero-order valence-electron chi connectivity index (χ0n) is 10.1. The third-order valence-corrected chi connectivity index (χ3v) is 3.51. The summed E-state index contributed by atoms with van der Waals surface area (Å²) >= 11 is 0. The summed E-state index contributed by atoms with van der Waals surface area (Å²) < 4.78 is 5.65. The fourth-order valence-corrected chi connectivity index (χ4v) is 2.26. The molecule has 2 fully saturated rings. The summed E-state index contributed by atoms with van der Waals surface area (Å²) in [4.78, 5) is 2.35. The van der Waals surface area contributed by atoms with Crippen LogP contribution in [-0.4, -0.2) is 41.0 Å². The molecule has 0 amide bonds. The fourth-order valence-electron chi connectivity index (χ4n) is 2.26. The average molecular weight is 213 g/mol. The lowest BCUT2D eigenvalue weighted by atomic mass is 10.0. The van der Waals surface area contributed by atoms with E-state index < -0.39 is 5.79 Å². The molecule has 1 atom stereocenters. The largest absolute Gasteiger partial charge is 0.364 e. The molecule has 1 aliphatic heterocycles. The molecule has 2 aliphatic rings. The van der Waals surface area contributed by atoms with Gasteiger partial charge in [0.15, 0.2) is 5.79 Å². The molecule has 0 unspecified atom stereocenters. The molecule has 0 aromatic heterocycles. The van der Waals surface area contributed by atoms with Crippen LogP contribution in [0.25, 0.3) is 0 Å². The minimum Gasteiger partial charge on any atom is -0.364 e. The first-order valence-corrected chi connectivity index (χ1v) is 6.03. The Labute approximate surface area is 92.4 Å². The Morgan fingerprint density at radius 1 is 1.33 bits per heavy atom. The summed E-state index contributed by atoms with van der Waals surface area (Å²) in [5, 5.41) is 10.5. The Bertz CT molecular complexity index is 232. The van der Waals surface area contributed by atoms with E-state index in [-0.39, 0.29) is 5.54 Å². The Kier molecular flexibility index (Phi) is 2.82. The number of rotatable bonds is 1. The van der Waals surface area contributed by atoms with Gasteiger partial charge >= 0.3 is 0 Å². The Balaban J connectivity index is 2.08. The van der Waals surface area contributed by atoms with Crippen LogP contribution in [0.2, 0.25) is 0 Å². The molecule has 0 aromatic rings. The molecule has 1 heterocycles. The van der Waals surface area contributed by atoms with E-state index in [1.165, 1.54) is 0 Å². The van der Waals surface area contributed by atoms with Crippen molar-refractivity contribution in [3.8, 4) is 0 Å². The Hall–Kier alpha value is -0.120. The Morgan fingerprint density at radius 2 is 2.00 bits per heavy atom. The average Bonchev–Trinajstić information content (AvgIpc) is 2.85. The number of hydrogen-bond donors (Lipinski definition) is 1. The van der Waals surface area contributed by atoms with Gasteiger partial charge in [-0.25, -0.2) is 0 Å². The highest BCUT2D eigenvalue weighted by Gasteiger charge is 2.48. The van der Waals surface area contributed by atoms with Crippen LogP contribution in [0.4, 0.5) is 0 Å². The zero-order valence-corrected chi connectivity index (χ0v) is 10.1. The first-order valence-electron chi connectivity index (χ1n) is 6.03. The maximum absolute atomic E-state index is 10.5. The van der Waals surface area contributed by atoms with Crippen LogP contribution in [0.3, 0.4) is 0 Å². The van der Waals surface area contributed by atoms with E-state index in [0.717, 1.165) is 25.8 Å². The second-order valence-corrected chi connectivity index (χ2v) is 5.91. The van der Waals surface area contributed by atoms with Gasteiger partial charge in [-0.3, -0.25) is 4.90 Å². The quantitative estimate of drug-likeness (QED) is 0.718. The molecule has 1 N–H and O–H groups in total. The zero-order chi connectivity index (χ0) is 11.1. The van der Waals surface area contributed by atoms with Crippen molar-refractivity contribution in [1.82, 2.24) is 4.90 Å². The van der Waals surface area contributed by atoms with Gasteiger partial charge in [-0.05, 0) is 40.0 Å². The van der Waals surface area contributed by atoms with Crippen LogP contribution in [-0.2, 0) is 4.74 Å². The molecule has 0 aromatic carbocycles. The SMILES string of the molecule is CC(C)(C)N1CCCO[C@](O)(C2CC2)C1. The van der Waals surface area contributed by atoms with Gasteiger partial charge < -0.3 is 9.84 Å². The minimum atomic E-state index is -0.871. The second kappa shape index (κ2) is 3.72. The summed E-state index contributed by atoms with van der Waals surface area (Å²) in [6.07, 6.45) is 3.26. The first kappa shape index (κ1) is 11.4. The van der Waals surface area contributed by atoms with Gasteiger partial charge in [0.25, 0.3) is 0 Å². The third-order valence-electron chi connectivity index (χ3n) is 3.51. The van der Waals surface area contributed by atoms with Crippen LogP contribution in [0.15, 0.2) is 0 Å². The summed E-state index contributed by atoms with van der Waals surface area (Å²) in [6, 6.07) is 0. The van der Waals surface area contributed by atoms with Crippen LogP contribution < -0.4 is 0 Å². The highest BCUT2D eigenvalue weighted by atomic mass is 16.6. The predicted molar refractivity (Wildman–Crippen MR) is 59.6 cm³/mol. The molecule has 88 valence electrons. The highest BCUT2D eigenvalue weighted by Crippen LogP contribution is 2.42. The second-order valence-electron chi connectivity index (χ2n) is 5.91. The van der Waals surface area contributed by atoms with Crippen molar-refractivity contribution in [2.75, 3.05) is 19.7 Å². The summed E-state index contributed by atoms with van der Waals surface area (Å²) in [5.41, 5.74) is 0.122. The smallest absolute Gasteiger partial charge is 0.181 e. The molecule has 0 bridgehead atoms. The first-order chi connectivity index (χ1) is 6.92. The molecule has 2 rings (SSSR count). The molecule has 0 radical (unpaired) electrons. The van der Waals surface area contributed by atoms with Crippen molar-refractivity contribution in [2.24, 2.45) is 5.92 Å². The lowest BCUT2D eigenvalue weighted by molar-refractivity contribution is -0.221. The van der Waals surface area contributed by atoms with Crippen molar-refractivity contribution in [1.29, 1.82) is 0 Å². The molecule has 15 heavy (non-hydrogen) atoms. The lowest BCUT2D eigenvalue weighted by Gasteiger charge is -2.39. The monoisotopic (exact) mass is 213 g/mol. The van der Waals surface area contributed by atoms with Crippen molar-refractivity contribution in [3.05, 3.63) is 0 Å². The van der Waals surface area contributed by atoms with Gasteiger partial charge in [0, 0.05) is 18.0 Å². The molecule has 3 heteroatoms. The van der Waals surface area contributed by atoms with Crippen LogP contribution in [0, 0.1) is 5.92 Å². The van der Waals surface area contributed by atoms with E-state index in [2.05, 4.69) is 25.7 Å². The molecule has 1 aliphatic carbocycles. The Morgan fingerprint density at radius 3 is 2.53 bits per heavy atom. The van der Waals surface area contributed by atoms with Gasteiger partial charge in [0.05, 0.1) is 13.2 Å². The molecule has 0 spiro atoms. The van der Waals surface area contributed by atoms with Crippen molar-refractivity contribution in [2.45, 2.75) is 51.4 Å². The van der Waals surface area contributed by atoms with Crippen molar-refractivity contribution >= 4 is 0 Å². The topological polar surface area (TPSA) is 32.7 Å². The summed E-state index contributed by atoms with van der Waals surface area (Å²) in [6.45, 7) is 8.99. The normalized spacial score (nSPS) is 35.2. The van der Waals surface area contributed by atoms with Crippen LogP contribution in [0.5, 0.6) is 0 Å². The van der Waals surface area contributed by atoms with E-state index in [9.17, 15) is 5.11 Å². The number of nitrogens with zero attached hydrogens (tertiary/aromatic N) is 1. The lowest BCUT2D eigenvalue weighted by Crippen LogP contribution is -2.51. The predicted octanol–water partition coefficient (Wildman–Crippen LogP) is 1.61. The third kappa shape index (κ3) is 2.52. The highest BCUT2D eigenvalue weighted by molar-refractivity contribution is 4.93. The summed E-state index contributed by atoms with van der Waals surface area (Å²) in [5.74, 6) is -0.496. The number of ether oxygens (including phenoxy) is 1. The number of hydrogen-bond acceptors (Lipinski definition) is 3. The van der Waals surface area contributed by atoms with E-state index in [1.54, 1.807) is 0 Å². The van der Waals surface area contributed by atoms with Gasteiger partial charge in [-0.1, -0.05) is 0 Å². The molecular formula is C12H23NO2. The van der Waals surface area contributed by atoms with Crippen molar-refractivity contribution in [3.63, 3.8) is 0 Å². The van der Waals surface area contributed by atoms with Gasteiger partial charge in [-0.2, -0.15) is 0 Å². The molecule has 1 saturated carbocycles. The molecule has 3 nitrogen and oxygen atoms in total. The number of β-amino-alcohol motifs (C(OH)–C–C–N with tert-alkyl or cyclic N) is 1. The standard InChI is InChI=1S/C12H23NO2/c1-11(2,3)13-7-4-8-15-12(14,9-13)10-5-6-10/h10,14H,4-9H2,1-3H3/t12-/m0/s1. The fraction of sp³-hybridized carbons (Fsp3) is 1.00. The van der Waals surface area contributed by atoms with E-state index >= 15 is 0 Å². The van der Waals surface area contributed by atoms with Gasteiger partial charge in [0.2, 0.25) is 0 Å². The van der Waals surface area contributed by atoms with E-state index in [1.807, 2.05) is 0 Å². The van der Waals surface area contributed by atoms with Crippen LogP contribution in [0.1, 0.15) is 40.0 Å². The maximum Gasteiger partial charge on any atom is 0.181 e. The summed E-state index contributed by atoms with van der Waals surface area (Å²) in [7, 11) is 0. The molecular weight excluding hydrogens is 190 g/mol. The maximum atomic E-state index is 10.5. The van der Waals surface area contributed by atoms with Crippen LogP contribution >= 0.6 is 0 Å². The minimum absolute atomic E-state index is 0.122. The van der Waals surface area contributed by atoms with Crippen molar-refractivity contribution < 1.29 is 9.84 Å². The van der Waals surface area contributed by atoms with E-state index in [0.29, 0.717) is 19.1 Å². The van der Waals surface area contributed by atoms with Gasteiger partial charge in [-0.15, -0.1) is 0 Å². The number of aliphatic hydroxyl groups is 1. The van der Waals surface area contributed by atoms with Gasteiger partial charge in [0.1, 0.15) is 0 Å². The molecule has 1 saturated heterocycles.